The lowest BCUT2D eigenvalue weighted by atomic mass is 10.1. The van der Waals surface area contributed by atoms with E-state index in [0.717, 1.165) is 24.4 Å². The van der Waals surface area contributed by atoms with E-state index in [2.05, 4.69) is 53.3 Å². The summed E-state index contributed by atoms with van der Waals surface area (Å²) in [6, 6.07) is 8.44. The SMILES string of the molecule is CCCc1nc(C(=O)N(CCNC=O)C(C)(C)C)cnc1N(C)Cc1ccc(C)cc1. The van der Waals surface area contributed by atoms with Crippen molar-refractivity contribution in [3.8, 4) is 0 Å². The molecule has 2 rings (SSSR count). The van der Waals surface area contributed by atoms with Gasteiger partial charge in [0, 0.05) is 32.2 Å². The maximum Gasteiger partial charge on any atom is 0.274 e. The van der Waals surface area contributed by atoms with Crippen LogP contribution in [0.1, 0.15) is 61.4 Å². The van der Waals surface area contributed by atoms with Crippen molar-refractivity contribution in [2.24, 2.45) is 0 Å². The first kappa shape index (κ1) is 24.3. The quantitative estimate of drug-likeness (QED) is 0.466. The number of anilines is 1. The lowest BCUT2D eigenvalue weighted by Gasteiger charge is -2.35. The molecule has 1 N–H and O–H groups in total. The number of amides is 2. The average Bonchev–Trinajstić information content (AvgIpc) is 2.71. The minimum atomic E-state index is -0.408. The predicted molar refractivity (Wildman–Crippen MR) is 124 cm³/mol. The second kappa shape index (κ2) is 10.9. The summed E-state index contributed by atoms with van der Waals surface area (Å²) in [5.41, 5.74) is 3.17. The Morgan fingerprint density at radius 1 is 1.19 bits per heavy atom. The van der Waals surface area contributed by atoms with E-state index in [9.17, 15) is 9.59 Å². The highest BCUT2D eigenvalue weighted by Crippen LogP contribution is 2.21. The highest BCUT2D eigenvalue weighted by Gasteiger charge is 2.28. The summed E-state index contributed by atoms with van der Waals surface area (Å²) >= 11 is 0. The van der Waals surface area contributed by atoms with Crippen LogP contribution in [-0.4, -0.2) is 52.9 Å². The minimum absolute atomic E-state index is 0.183. The zero-order valence-corrected chi connectivity index (χ0v) is 19.6. The largest absolute Gasteiger partial charge is 0.357 e. The first-order valence-electron chi connectivity index (χ1n) is 10.8. The topological polar surface area (TPSA) is 78.4 Å². The molecule has 0 unspecified atom stereocenters. The van der Waals surface area contributed by atoms with Crippen LogP contribution in [0, 0.1) is 6.92 Å². The Labute approximate surface area is 185 Å². The Balaban J connectivity index is 2.29. The summed E-state index contributed by atoms with van der Waals surface area (Å²) in [6.07, 6.45) is 3.85. The van der Waals surface area contributed by atoms with Gasteiger partial charge < -0.3 is 15.1 Å². The Bertz CT molecular complexity index is 875. The third-order valence-corrected chi connectivity index (χ3v) is 5.05. The molecule has 0 aliphatic heterocycles. The fourth-order valence-electron chi connectivity index (χ4n) is 3.40. The van der Waals surface area contributed by atoms with E-state index in [0.29, 0.717) is 31.7 Å². The Morgan fingerprint density at radius 3 is 2.45 bits per heavy atom. The first-order chi connectivity index (χ1) is 14.7. The normalized spacial score (nSPS) is 11.2. The number of carbonyl (C=O) groups excluding carboxylic acids is 2. The molecule has 168 valence electrons. The van der Waals surface area contributed by atoms with Gasteiger partial charge in [0.25, 0.3) is 5.91 Å². The summed E-state index contributed by atoms with van der Waals surface area (Å²) < 4.78 is 0. The monoisotopic (exact) mass is 425 g/mol. The summed E-state index contributed by atoms with van der Waals surface area (Å²) in [7, 11) is 2.00. The molecule has 1 heterocycles. The molecule has 0 spiro atoms. The Hall–Kier alpha value is -2.96. The molecule has 0 saturated carbocycles. The molecule has 7 heteroatoms. The standard InChI is InChI=1S/C24H35N5O2/c1-7-8-20-22(28(6)16-19-11-9-18(2)10-12-19)26-15-21(27-20)23(31)29(24(3,4)5)14-13-25-17-30/h9-12,15,17H,7-8,13-14,16H2,1-6H3,(H,25,30). The molecule has 0 atom stereocenters. The fourth-order valence-corrected chi connectivity index (χ4v) is 3.40. The van der Waals surface area contributed by atoms with Crippen molar-refractivity contribution >= 4 is 18.1 Å². The van der Waals surface area contributed by atoms with Crippen molar-refractivity contribution in [2.45, 2.75) is 59.5 Å². The number of aromatic nitrogens is 2. The third-order valence-electron chi connectivity index (χ3n) is 5.05. The van der Waals surface area contributed by atoms with Crippen LogP contribution in [0.5, 0.6) is 0 Å². The Morgan fingerprint density at radius 2 is 1.87 bits per heavy atom. The van der Waals surface area contributed by atoms with Crippen molar-refractivity contribution in [1.82, 2.24) is 20.2 Å². The van der Waals surface area contributed by atoms with Gasteiger partial charge in [-0.25, -0.2) is 9.97 Å². The molecule has 0 aliphatic carbocycles. The summed E-state index contributed by atoms with van der Waals surface area (Å²) in [5, 5.41) is 2.62. The summed E-state index contributed by atoms with van der Waals surface area (Å²) in [6.45, 7) is 11.6. The van der Waals surface area contributed by atoms with Gasteiger partial charge in [0.1, 0.15) is 11.5 Å². The van der Waals surface area contributed by atoms with E-state index >= 15 is 0 Å². The van der Waals surface area contributed by atoms with E-state index in [1.165, 1.54) is 11.1 Å². The van der Waals surface area contributed by atoms with Crippen LogP contribution in [0.15, 0.2) is 30.5 Å². The summed E-state index contributed by atoms with van der Waals surface area (Å²) in [4.78, 5) is 37.0. The third kappa shape index (κ3) is 6.77. The lowest BCUT2D eigenvalue weighted by molar-refractivity contribution is -0.109. The molecule has 0 saturated heterocycles. The average molecular weight is 426 g/mol. The van der Waals surface area contributed by atoms with Crippen LogP contribution in [-0.2, 0) is 17.8 Å². The van der Waals surface area contributed by atoms with E-state index < -0.39 is 5.54 Å². The molecule has 7 nitrogen and oxygen atoms in total. The Kier molecular flexibility index (Phi) is 8.54. The minimum Gasteiger partial charge on any atom is -0.357 e. The molecule has 2 amide bonds. The molecule has 2 aromatic rings. The van der Waals surface area contributed by atoms with Gasteiger partial charge in [0.15, 0.2) is 0 Å². The molecular formula is C24H35N5O2. The van der Waals surface area contributed by atoms with E-state index in [4.69, 9.17) is 4.98 Å². The van der Waals surface area contributed by atoms with Crippen molar-refractivity contribution in [1.29, 1.82) is 0 Å². The number of benzene rings is 1. The van der Waals surface area contributed by atoms with Gasteiger partial charge in [0.05, 0.1) is 11.9 Å². The van der Waals surface area contributed by atoms with Crippen LogP contribution < -0.4 is 10.2 Å². The maximum atomic E-state index is 13.2. The number of carbonyl (C=O) groups is 2. The fraction of sp³-hybridized carbons (Fsp3) is 0.500. The molecule has 0 fully saturated rings. The van der Waals surface area contributed by atoms with Crippen molar-refractivity contribution in [2.75, 3.05) is 25.0 Å². The number of rotatable bonds is 10. The second-order valence-corrected chi connectivity index (χ2v) is 8.82. The van der Waals surface area contributed by atoms with Crippen LogP contribution in [0.3, 0.4) is 0 Å². The highest BCUT2D eigenvalue weighted by molar-refractivity contribution is 5.92. The van der Waals surface area contributed by atoms with E-state index in [-0.39, 0.29) is 5.91 Å². The summed E-state index contributed by atoms with van der Waals surface area (Å²) in [5.74, 6) is 0.613. The molecule has 0 radical (unpaired) electrons. The molecule has 0 bridgehead atoms. The molecule has 1 aromatic carbocycles. The first-order valence-corrected chi connectivity index (χ1v) is 10.8. The molecule has 0 aliphatic rings. The number of nitrogens with one attached hydrogen (secondary N) is 1. The van der Waals surface area contributed by atoms with Gasteiger partial charge in [-0.1, -0.05) is 43.2 Å². The second-order valence-electron chi connectivity index (χ2n) is 8.82. The van der Waals surface area contributed by atoms with Crippen molar-refractivity contribution in [3.63, 3.8) is 0 Å². The number of aryl methyl sites for hydroxylation is 2. The van der Waals surface area contributed by atoms with Crippen LogP contribution in [0.2, 0.25) is 0 Å². The van der Waals surface area contributed by atoms with Crippen LogP contribution in [0.4, 0.5) is 5.82 Å². The van der Waals surface area contributed by atoms with Crippen LogP contribution in [0.25, 0.3) is 0 Å². The zero-order valence-electron chi connectivity index (χ0n) is 19.6. The van der Waals surface area contributed by atoms with E-state index in [1.54, 1.807) is 11.1 Å². The number of nitrogens with zero attached hydrogens (tertiary/aromatic N) is 4. The van der Waals surface area contributed by atoms with E-state index in [1.807, 2.05) is 27.8 Å². The molecular weight excluding hydrogens is 390 g/mol. The van der Waals surface area contributed by atoms with Gasteiger partial charge in [0.2, 0.25) is 6.41 Å². The van der Waals surface area contributed by atoms with Gasteiger partial charge in [-0.15, -0.1) is 0 Å². The molecule has 1 aromatic heterocycles. The van der Waals surface area contributed by atoms with Gasteiger partial charge >= 0.3 is 0 Å². The van der Waals surface area contributed by atoms with Crippen molar-refractivity contribution < 1.29 is 9.59 Å². The van der Waals surface area contributed by atoms with Gasteiger partial charge in [-0.05, 0) is 39.7 Å². The zero-order chi connectivity index (χ0) is 23.0. The predicted octanol–water partition coefficient (Wildman–Crippen LogP) is 3.36. The number of hydrogen-bond acceptors (Lipinski definition) is 5. The smallest absolute Gasteiger partial charge is 0.274 e. The van der Waals surface area contributed by atoms with Gasteiger partial charge in [-0.3, -0.25) is 9.59 Å². The maximum absolute atomic E-state index is 13.2. The lowest BCUT2D eigenvalue weighted by Crippen LogP contribution is -2.48. The molecule has 31 heavy (non-hydrogen) atoms. The van der Waals surface area contributed by atoms with Crippen molar-refractivity contribution in [3.05, 3.63) is 53.0 Å². The van der Waals surface area contributed by atoms with Gasteiger partial charge in [-0.2, -0.15) is 0 Å². The highest BCUT2D eigenvalue weighted by atomic mass is 16.2. The number of hydrogen-bond donors (Lipinski definition) is 1. The van der Waals surface area contributed by atoms with Crippen LogP contribution >= 0.6 is 0 Å².